The highest BCUT2D eigenvalue weighted by Gasteiger charge is 2.21. The van der Waals surface area contributed by atoms with Gasteiger partial charge in [0.25, 0.3) is 5.91 Å². The molecule has 0 unspecified atom stereocenters. The second-order valence-electron chi connectivity index (χ2n) is 7.06. The third-order valence-electron chi connectivity index (χ3n) is 4.92. The van der Waals surface area contributed by atoms with Crippen molar-refractivity contribution >= 4 is 28.5 Å². The highest BCUT2D eigenvalue weighted by Crippen LogP contribution is 2.26. The van der Waals surface area contributed by atoms with Crippen LogP contribution < -0.4 is 4.90 Å². The number of halogens is 1. The number of carbonyl (C=O) groups is 2. The second-order valence-corrected chi connectivity index (χ2v) is 7.06. The molecule has 2 aromatic carbocycles. The van der Waals surface area contributed by atoms with E-state index in [1.807, 2.05) is 6.07 Å². The van der Waals surface area contributed by atoms with Crippen LogP contribution in [0.3, 0.4) is 0 Å². The van der Waals surface area contributed by atoms with E-state index in [0.29, 0.717) is 28.0 Å². The number of amides is 1. The van der Waals surface area contributed by atoms with Gasteiger partial charge in [-0.05, 0) is 48.5 Å². The first kappa shape index (κ1) is 21.7. The molecule has 0 fully saturated rings. The Morgan fingerprint density at radius 2 is 1.88 bits per heavy atom. The third-order valence-corrected chi connectivity index (χ3v) is 4.92. The molecule has 33 heavy (non-hydrogen) atoms. The van der Waals surface area contributed by atoms with E-state index in [9.17, 15) is 14.0 Å². The Morgan fingerprint density at radius 1 is 1.09 bits per heavy atom. The first-order valence-electron chi connectivity index (χ1n) is 10.1. The molecule has 7 nitrogen and oxygen atoms in total. The van der Waals surface area contributed by atoms with Crippen molar-refractivity contribution in [3.8, 4) is 17.5 Å². The van der Waals surface area contributed by atoms with Gasteiger partial charge >= 0.3 is 5.97 Å². The van der Waals surface area contributed by atoms with Gasteiger partial charge in [0.2, 0.25) is 0 Å². The zero-order valence-electron chi connectivity index (χ0n) is 17.4. The van der Waals surface area contributed by atoms with Crippen molar-refractivity contribution in [2.45, 2.75) is 6.42 Å². The number of hydrogen-bond donors (Lipinski definition) is 0. The number of aromatic nitrogens is 1. The van der Waals surface area contributed by atoms with Crippen molar-refractivity contribution in [1.29, 1.82) is 5.26 Å². The van der Waals surface area contributed by atoms with Crippen molar-refractivity contribution in [1.82, 2.24) is 4.98 Å². The molecule has 0 aliphatic rings. The molecule has 0 atom stereocenters. The van der Waals surface area contributed by atoms with Crippen LogP contribution >= 0.6 is 0 Å². The number of rotatable bonds is 7. The van der Waals surface area contributed by atoms with Crippen molar-refractivity contribution in [2.75, 3.05) is 18.1 Å². The predicted molar refractivity (Wildman–Crippen MR) is 119 cm³/mol. The minimum atomic E-state index is -0.700. The molecule has 0 saturated heterocycles. The van der Waals surface area contributed by atoms with E-state index < -0.39 is 24.3 Å². The maximum Gasteiger partial charge on any atom is 0.339 e. The Balaban J connectivity index is 1.57. The van der Waals surface area contributed by atoms with E-state index in [2.05, 4.69) is 4.98 Å². The van der Waals surface area contributed by atoms with Crippen LogP contribution in [0.5, 0.6) is 0 Å². The molecule has 4 aromatic rings. The number of nitriles is 1. The number of nitrogens with zero attached hydrogens (tertiary/aromatic N) is 3. The van der Waals surface area contributed by atoms with Crippen LogP contribution in [0.4, 0.5) is 10.1 Å². The largest absolute Gasteiger partial charge is 0.463 e. The summed E-state index contributed by atoms with van der Waals surface area (Å²) in [6.07, 6.45) is 1.58. The van der Waals surface area contributed by atoms with E-state index in [1.54, 1.807) is 42.5 Å². The summed E-state index contributed by atoms with van der Waals surface area (Å²) in [5.41, 5.74) is 1.68. The summed E-state index contributed by atoms with van der Waals surface area (Å²) >= 11 is 0. The van der Waals surface area contributed by atoms with Crippen molar-refractivity contribution in [3.05, 3.63) is 84.4 Å². The topological polar surface area (TPSA) is 96.4 Å². The summed E-state index contributed by atoms with van der Waals surface area (Å²) in [6, 6.07) is 19.3. The number of fused-ring (bicyclic) bond motifs is 1. The molecular weight excluding hydrogens is 425 g/mol. The zero-order valence-corrected chi connectivity index (χ0v) is 17.4. The molecule has 1 amide bonds. The minimum Gasteiger partial charge on any atom is -0.463 e. The van der Waals surface area contributed by atoms with Crippen molar-refractivity contribution < 1.29 is 23.1 Å². The van der Waals surface area contributed by atoms with Gasteiger partial charge in [-0.3, -0.25) is 4.79 Å². The number of para-hydroxylation sites is 1. The number of esters is 1. The van der Waals surface area contributed by atoms with Gasteiger partial charge in [-0.2, -0.15) is 5.26 Å². The van der Waals surface area contributed by atoms with E-state index in [4.69, 9.17) is 14.4 Å². The molecule has 0 radical (unpaired) electrons. The number of hydrogen-bond acceptors (Lipinski definition) is 6. The van der Waals surface area contributed by atoms with Gasteiger partial charge in [0.1, 0.15) is 11.5 Å². The molecule has 2 heterocycles. The number of benzene rings is 2. The van der Waals surface area contributed by atoms with E-state index in [0.717, 1.165) is 0 Å². The van der Waals surface area contributed by atoms with Gasteiger partial charge in [0.05, 0.1) is 29.8 Å². The molecule has 0 N–H and O–H groups in total. The van der Waals surface area contributed by atoms with Crippen LogP contribution in [0.1, 0.15) is 16.8 Å². The van der Waals surface area contributed by atoms with Crippen LogP contribution in [0.2, 0.25) is 0 Å². The minimum absolute atomic E-state index is 0.0680. The Bertz CT molecular complexity index is 1330. The molecule has 0 spiro atoms. The van der Waals surface area contributed by atoms with E-state index in [-0.39, 0.29) is 18.5 Å². The smallest absolute Gasteiger partial charge is 0.339 e. The highest BCUT2D eigenvalue weighted by molar-refractivity contribution is 6.05. The molecule has 0 aliphatic carbocycles. The van der Waals surface area contributed by atoms with Crippen molar-refractivity contribution in [3.63, 3.8) is 0 Å². The first-order chi connectivity index (χ1) is 16.1. The lowest BCUT2D eigenvalue weighted by Gasteiger charge is -2.21. The van der Waals surface area contributed by atoms with Gasteiger partial charge in [-0.15, -0.1) is 0 Å². The van der Waals surface area contributed by atoms with Gasteiger partial charge in [-0.25, -0.2) is 14.2 Å². The summed E-state index contributed by atoms with van der Waals surface area (Å²) in [6.45, 7) is -0.465. The summed E-state index contributed by atoms with van der Waals surface area (Å²) in [4.78, 5) is 31.6. The fourth-order valence-electron chi connectivity index (χ4n) is 3.36. The number of anilines is 1. The molecular formula is C25H18FN3O4. The maximum atomic E-state index is 13.3. The van der Waals surface area contributed by atoms with Crippen molar-refractivity contribution in [2.24, 2.45) is 0 Å². The molecule has 0 saturated carbocycles. The molecule has 8 heteroatoms. The number of pyridine rings is 1. The lowest BCUT2D eigenvalue weighted by atomic mass is 10.1. The van der Waals surface area contributed by atoms with Crippen LogP contribution in [0.25, 0.3) is 22.4 Å². The quantitative estimate of drug-likeness (QED) is 0.383. The third kappa shape index (κ3) is 4.88. The van der Waals surface area contributed by atoms with Gasteiger partial charge in [0.15, 0.2) is 12.4 Å². The Hall–Kier alpha value is -4.51. The summed E-state index contributed by atoms with van der Waals surface area (Å²) in [5, 5.41) is 9.49. The summed E-state index contributed by atoms with van der Waals surface area (Å²) in [7, 11) is 0. The standard InChI is InChI=1S/C25H18FN3O4/c26-17-8-10-18(11-9-17)29(13-4-12-27)24(30)16-33-25(31)20-15-22(23-7-3-14-32-23)28-21-6-2-1-5-19(20)21/h1-3,5-11,14-15H,4,13,16H2. The fraction of sp³-hybridized carbons (Fsp3) is 0.120. The lowest BCUT2D eigenvalue weighted by molar-refractivity contribution is -0.121. The molecule has 0 aliphatic heterocycles. The highest BCUT2D eigenvalue weighted by atomic mass is 19.1. The second kappa shape index (κ2) is 9.75. The zero-order chi connectivity index (χ0) is 23.2. The molecule has 0 bridgehead atoms. The summed E-state index contributed by atoms with van der Waals surface area (Å²) in [5.74, 6) is -1.19. The Morgan fingerprint density at radius 3 is 2.61 bits per heavy atom. The maximum absolute atomic E-state index is 13.3. The van der Waals surface area contributed by atoms with Crippen LogP contribution in [-0.2, 0) is 9.53 Å². The SMILES string of the molecule is N#CCCN(C(=O)COC(=O)c1cc(-c2ccco2)nc2ccccc12)c1ccc(F)cc1. The Kier molecular flexibility index (Phi) is 6.41. The van der Waals surface area contributed by atoms with Gasteiger partial charge in [-0.1, -0.05) is 18.2 Å². The molecule has 2 aromatic heterocycles. The van der Waals surface area contributed by atoms with E-state index >= 15 is 0 Å². The average Bonchev–Trinajstić information content (AvgIpc) is 3.38. The van der Waals surface area contributed by atoms with Crippen LogP contribution in [-0.4, -0.2) is 30.0 Å². The van der Waals surface area contributed by atoms with Gasteiger partial charge < -0.3 is 14.1 Å². The monoisotopic (exact) mass is 443 g/mol. The summed E-state index contributed by atoms with van der Waals surface area (Å²) < 4.78 is 24.0. The number of furan rings is 1. The van der Waals surface area contributed by atoms with Crippen LogP contribution in [0, 0.1) is 17.1 Å². The number of ether oxygens (including phenoxy) is 1. The number of carbonyl (C=O) groups excluding carboxylic acids is 2. The molecule has 4 rings (SSSR count). The van der Waals surface area contributed by atoms with Crippen LogP contribution in [0.15, 0.2) is 77.4 Å². The normalized spacial score (nSPS) is 10.5. The lowest BCUT2D eigenvalue weighted by Crippen LogP contribution is -2.35. The Labute approximate surface area is 188 Å². The predicted octanol–water partition coefficient (Wildman–Crippen LogP) is 4.74. The average molecular weight is 443 g/mol. The fourth-order valence-corrected chi connectivity index (χ4v) is 3.36. The van der Waals surface area contributed by atoms with Gasteiger partial charge in [0, 0.05) is 17.6 Å². The molecule has 164 valence electrons. The first-order valence-corrected chi connectivity index (χ1v) is 10.1. The van der Waals surface area contributed by atoms with E-state index in [1.165, 1.54) is 35.4 Å².